The normalized spacial score (nSPS) is 12.6. The maximum atomic E-state index is 13.4. The standard InChI is InChI=1S/C26H19NO2/c28-25-19-13-7-8-14-20(19)26(29)24-22(16-18-11-5-2-6-12-18)27-21(23(24)25)15-17-9-3-1-4-10-17/h1-14,27H,15-16H2. The van der Waals surface area contributed by atoms with E-state index < -0.39 is 0 Å². The molecule has 0 radical (unpaired) electrons. The number of hydrogen-bond acceptors (Lipinski definition) is 2. The van der Waals surface area contributed by atoms with Gasteiger partial charge in [0.05, 0.1) is 11.1 Å². The first-order chi connectivity index (χ1) is 14.2. The summed E-state index contributed by atoms with van der Waals surface area (Å²) in [6.07, 6.45) is 1.16. The third kappa shape index (κ3) is 3.01. The molecule has 3 heteroatoms. The van der Waals surface area contributed by atoms with Crippen molar-refractivity contribution in [3.63, 3.8) is 0 Å². The molecule has 1 heterocycles. The summed E-state index contributed by atoms with van der Waals surface area (Å²) in [6, 6.07) is 27.1. The van der Waals surface area contributed by atoms with Gasteiger partial charge in [0.25, 0.3) is 0 Å². The molecular formula is C26H19NO2. The van der Waals surface area contributed by atoms with E-state index in [9.17, 15) is 9.59 Å². The van der Waals surface area contributed by atoms with Crippen LogP contribution in [0.1, 0.15) is 54.4 Å². The van der Waals surface area contributed by atoms with E-state index >= 15 is 0 Å². The molecule has 5 rings (SSSR count). The molecule has 1 aliphatic carbocycles. The molecule has 1 aromatic heterocycles. The topological polar surface area (TPSA) is 49.9 Å². The number of hydrogen-bond donors (Lipinski definition) is 1. The minimum atomic E-state index is -0.0725. The Morgan fingerprint density at radius 1 is 0.517 bits per heavy atom. The van der Waals surface area contributed by atoms with Crippen LogP contribution < -0.4 is 0 Å². The summed E-state index contributed by atoms with van der Waals surface area (Å²) >= 11 is 0. The zero-order valence-electron chi connectivity index (χ0n) is 15.8. The van der Waals surface area contributed by atoms with Crippen molar-refractivity contribution in [3.05, 3.63) is 130 Å². The minimum absolute atomic E-state index is 0.0725. The number of carbonyl (C=O) groups excluding carboxylic acids is 2. The fourth-order valence-corrected chi connectivity index (χ4v) is 4.12. The van der Waals surface area contributed by atoms with Crippen LogP contribution in [-0.4, -0.2) is 16.6 Å². The Labute approximate surface area is 169 Å². The molecule has 1 N–H and O–H groups in total. The van der Waals surface area contributed by atoms with Gasteiger partial charge in [-0.3, -0.25) is 9.59 Å². The third-order valence-corrected chi connectivity index (χ3v) is 5.47. The van der Waals surface area contributed by atoms with Gasteiger partial charge in [-0.1, -0.05) is 84.9 Å². The van der Waals surface area contributed by atoms with Gasteiger partial charge in [0.15, 0.2) is 11.6 Å². The lowest BCUT2D eigenvalue weighted by atomic mass is 9.83. The smallest absolute Gasteiger partial charge is 0.196 e. The molecule has 0 fully saturated rings. The van der Waals surface area contributed by atoms with E-state index in [2.05, 4.69) is 4.98 Å². The van der Waals surface area contributed by atoms with Crippen LogP contribution in [0.25, 0.3) is 0 Å². The number of rotatable bonds is 4. The van der Waals surface area contributed by atoms with E-state index in [-0.39, 0.29) is 11.6 Å². The number of H-pyrrole nitrogens is 1. The predicted molar refractivity (Wildman–Crippen MR) is 113 cm³/mol. The van der Waals surface area contributed by atoms with E-state index in [1.807, 2.05) is 72.8 Å². The van der Waals surface area contributed by atoms with Gasteiger partial charge >= 0.3 is 0 Å². The molecule has 0 unspecified atom stereocenters. The highest BCUT2D eigenvalue weighted by molar-refractivity contribution is 6.29. The maximum absolute atomic E-state index is 13.4. The molecule has 29 heavy (non-hydrogen) atoms. The summed E-state index contributed by atoms with van der Waals surface area (Å²) in [5.74, 6) is -0.145. The number of aromatic amines is 1. The van der Waals surface area contributed by atoms with Crippen molar-refractivity contribution in [1.29, 1.82) is 0 Å². The number of fused-ring (bicyclic) bond motifs is 2. The van der Waals surface area contributed by atoms with E-state index in [0.717, 1.165) is 22.5 Å². The highest BCUT2D eigenvalue weighted by atomic mass is 16.1. The summed E-state index contributed by atoms with van der Waals surface area (Å²) in [5.41, 5.74) is 5.86. The average Bonchev–Trinajstić information content (AvgIpc) is 3.11. The molecule has 4 aromatic rings. The molecule has 0 spiro atoms. The molecule has 3 aromatic carbocycles. The SMILES string of the molecule is O=C1c2ccccc2C(=O)c2c(Cc3ccccc3)[nH]c(Cc3ccccc3)c21. The van der Waals surface area contributed by atoms with Gasteiger partial charge in [0.1, 0.15) is 0 Å². The van der Waals surface area contributed by atoms with Crippen molar-refractivity contribution in [2.24, 2.45) is 0 Å². The fraction of sp³-hybridized carbons (Fsp3) is 0.0769. The van der Waals surface area contributed by atoms with Crippen molar-refractivity contribution in [3.8, 4) is 0 Å². The van der Waals surface area contributed by atoms with Crippen LogP contribution in [0.3, 0.4) is 0 Å². The molecule has 0 bridgehead atoms. The van der Waals surface area contributed by atoms with Crippen LogP contribution in [0.4, 0.5) is 0 Å². The van der Waals surface area contributed by atoms with Gasteiger partial charge in [0, 0.05) is 35.4 Å². The minimum Gasteiger partial charge on any atom is -0.360 e. The van der Waals surface area contributed by atoms with Crippen LogP contribution in [0.2, 0.25) is 0 Å². The molecule has 0 aliphatic heterocycles. The molecule has 3 nitrogen and oxygen atoms in total. The Balaban J connectivity index is 1.67. The number of benzene rings is 3. The number of nitrogens with one attached hydrogen (secondary N) is 1. The molecule has 0 saturated carbocycles. The third-order valence-electron chi connectivity index (χ3n) is 5.47. The Hall–Kier alpha value is -3.72. The second-order valence-electron chi connectivity index (χ2n) is 7.36. The molecule has 0 saturated heterocycles. The van der Waals surface area contributed by atoms with Crippen molar-refractivity contribution in [1.82, 2.24) is 4.98 Å². The van der Waals surface area contributed by atoms with Gasteiger partial charge in [-0.25, -0.2) is 0 Å². The van der Waals surface area contributed by atoms with Gasteiger partial charge in [0.2, 0.25) is 0 Å². The second kappa shape index (κ2) is 7.02. The summed E-state index contributed by atoms with van der Waals surface area (Å²) in [7, 11) is 0. The van der Waals surface area contributed by atoms with Crippen LogP contribution in [-0.2, 0) is 12.8 Å². The number of carbonyl (C=O) groups is 2. The molecular weight excluding hydrogens is 358 g/mol. The zero-order chi connectivity index (χ0) is 19.8. The van der Waals surface area contributed by atoms with Crippen LogP contribution in [0.15, 0.2) is 84.9 Å². The fourth-order valence-electron chi connectivity index (χ4n) is 4.12. The molecule has 140 valence electrons. The van der Waals surface area contributed by atoms with Crippen LogP contribution in [0.5, 0.6) is 0 Å². The van der Waals surface area contributed by atoms with Gasteiger partial charge in [-0.2, -0.15) is 0 Å². The first-order valence-corrected chi connectivity index (χ1v) is 9.72. The summed E-state index contributed by atoms with van der Waals surface area (Å²) in [4.78, 5) is 30.2. The first kappa shape index (κ1) is 17.4. The van der Waals surface area contributed by atoms with Gasteiger partial charge < -0.3 is 4.98 Å². The van der Waals surface area contributed by atoms with Crippen molar-refractivity contribution in [2.75, 3.05) is 0 Å². The lowest BCUT2D eigenvalue weighted by Crippen LogP contribution is -2.21. The second-order valence-corrected chi connectivity index (χ2v) is 7.36. The Morgan fingerprint density at radius 2 is 0.897 bits per heavy atom. The lowest BCUT2D eigenvalue weighted by Gasteiger charge is -2.16. The number of ketones is 2. The Morgan fingerprint density at radius 3 is 1.31 bits per heavy atom. The van der Waals surface area contributed by atoms with E-state index in [1.165, 1.54) is 0 Å². The Bertz CT molecular complexity index is 1130. The Kier molecular flexibility index (Phi) is 4.21. The molecule has 0 amide bonds. The monoisotopic (exact) mass is 377 g/mol. The quantitative estimate of drug-likeness (QED) is 0.481. The zero-order valence-corrected chi connectivity index (χ0v) is 15.8. The number of aromatic nitrogens is 1. The highest BCUT2D eigenvalue weighted by Crippen LogP contribution is 2.33. The first-order valence-electron chi connectivity index (χ1n) is 9.72. The molecule has 1 aliphatic rings. The van der Waals surface area contributed by atoms with E-state index in [0.29, 0.717) is 35.1 Å². The lowest BCUT2D eigenvalue weighted by molar-refractivity contribution is 0.0979. The van der Waals surface area contributed by atoms with Crippen molar-refractivity contribution in [2.45, 2.75) is 12.8 Å². The average molecular weight is 377 g/mol. The predicted octanol–water partition coefficient (Wildman–Crippen LogP) is 4.97. The van der Waals surface area contributed by atoms with Gasteiger partial charge in [-0.15, -0.1) is 0 Å². The summed E-state index contributed by atoms with van der Waals surface area (Å²) in [6.45, 7) is 0. The van der Waals surface area contributed by atoms with Crippen LogP contribution in [0, 0.1) is 0 Å². The van der Waals surface area contributed by atoms with E-state index in [1.54, 1.807) is 12.1 Å². The largest absolute Gasteiger partial charge is 0.360 e. The van der Waals surface area contributed by atoms with Gasteiger partial charge in [-0.05, 0) is 11.1 Å². The van der Waals surface area contributed by atoms with Crippen LogP contribution >= 0.6 is 0 Å². The van der Waals surface area contributed by atoms with E-state index in [4.69, 9.17) is 0 Å². The molecule has 0 atom stereocenters. The summed E-state index contributed by atoms with van der Waals surface area (Å²) in [5, 5.41) is 0. The maximum Gasteiger partial charge on any atom is 0.196 e. The summed E-state index contributed by atoms with van der Waals surface area (Å²) < 4.78 is 0. The highest BCUT2D eigenvalue weighted by Gasteiger charge is 2.35. The van der Waals surface area contributed by atoms with Crippen molar-refractivity contribution >= 4 is 11.6 Å². The van der Waals surface area contributed by atoms with Crippen molar-refractivity contribution < 1.29 is 9.59 Å².